The second-order valence-corrected chi connectivity index (χ2v) is 22.0. The number of hydrogen-bond donors (Lipinski definition) is 0. The van der Waals surface area contributed by atoms with Crippen molar-refractivity contribution < 1.29 is 19.0 Å². The largest absolute Gasteiger partial charge is 0.488 e. The quantitative estimate of drug-likeness (QED) is 0.166. The summed E-state index contributed by atoms with van der Waals surface area (Å²) in [5.41, 5.74) is 2.16. The number of piperazine rings is 1. The average molecular weight is 678 g/mol. The van der Waals surface area contributed by atoms with Crippen molar-refractivity contribution in [3.63, 3.8) is 0 Å². The van der Waals surface area contributed by atoms with Crippen molar-refractivity contribution >= 4 is 30.9 Å². The Morgan fingerprint density at radius 3 is 2.40 bits per heavy atom. The lowest BCUT2D eigenvalue weighted by molar-refractivity contribution is 0.0130. The maximum absolute atomic E-state index is 12.5. The van der Waals surface area contributed by atoms with Gasteiger partial charge in [0.05, 0.1) is 16.9 Å². The van der Waals surface area contributed by atoms with E-state index in [1.165, 1.54) is 0 Å². The number of fused-ring (bicyclic) bond motifs is 1. The van der Waals surface area contributed by atoms with Crippen molar-refractivity contribution in [2.24, 2.45) is 5.92 Å². The van der Waals surface area contributed by atoms with Crippen LogP contribution in [0.1, 0.15) is 53.4 Å². The van der Waals surface area contributed by atoms with Gasteiger partial charge in [-0.05, 0) is 83.5 Å². The van der Waals surface area contributed by atoms with Crippen molar-refractivity contribution in [3.8, 4) is 17.1 Å². The Labute approximate surface area is 286 Å². The van der Waals surface area contributed by atoms with E-state index in [9.17, 15) is 4.79 Å². The lowest BCUT2D eigenvalue weighted by atomic mass is 9.96. The molecular formula is C36H55N7O4Si. The maximum Gasteiger partial charge on any atom is 0.410 e. The van der Waals surface area contributed by atoms with E-state index in [1.807, 2.05) is 42.5 Å². The van der Waals surface area contributed by atoms with Crippen LogP contribution in [0, 0.1) is 5.92 Å². The van der Waals surface area contributed by atoms with Crippen LogP contribution in [0.4, 0.5) is 10.6 Å². The number of benzene rings is 1. The lowest BCUT2D eigenvalue weighted by Gasteiger charge is -2.39. The summed E-state index contributed by atoms with van der Waals surface area (Å²) < 4.78 is 20.1. The summed E-state index contributed by atoms with van der Waals surface area (Å²) in [6, 6.07) is 9.40. The third kappa shape index (κ3) is 9.06. The van der Waals surface area contributed by atoms with Gasteiger partial charge in [-0.15, -0.1) is 0 Å². The molecule has 11 nitrogen and oxygen atoms in total. The second kappa shape index (κ2) is 14.0. The topological polar surface area (TPSA) is 98.1 Å². The van der Waals surface area contributed by atoms with Gasteiger partial charge in [-0.2, -0.15) is 5.10 Å². The molecule has 1 aliphatic carbocycles. The summed E-state index contributed by atoms with van der Waals surface area (Å²) in [6.45, 7) is 22.3. The number of carbonyl (C=O) groups excluding carboxylic acids is 1. The van der Waals surface area contributed by atoms with Gasteiger partial charge in [-0.25, -0.2) is 19.4 Å². The molecule has 0 N–H and O–H groups in total. The minimum absolute atomic E-state index is 0.0631. The van der Waals surface area contributed by atoms with Crippen LogP contribution in [0.25, 0.3) is 22.3 Å². The maximum atomic E-state index is 12.5. The molecule has 0 bridgehead atoms. The molecule has 0 unspecified atom stereocenters. The first-order chi connectivity index (χ1) is 22.7. The summed E-state index contributed by atoms with van der Waals surface area (Å²) in [6.07, 6.45) is 5.86. The molecule has 6 rings (SSSR count). The summed E-state index contributed by atoms with van der Waals surface area (Å²) in [5.74, 6) is 2.44. The minimum Gasteiger partial charge on any atom is -0.488 e. The van der Waals surface area contributed by atoms with Crippen LogP contribution >= 0.6 is 0 Å². The monoisotopic (exact) mass is 677 g/mol. The van der Waals surface area contributed by atoms with Gasteiger partial charge in [-0.1, -0.05) is 19.6 Å². The standard InChI is InChI=1S/C36H55N7O4Si/c1-35(2,3)47-34(44)42-18-16-40(17-19-42)24-27-10-14-41(15-11-27)32-23-31(37-25-38-32)33-29-22-28(46-36(4)12-13-36)8-9-30(29)39-43(33)26-45-20-21-48(5,6)7/h8-9,22-23,25,27H,10-21,24,26H2,1-7H3. The molecule has 0 spiro atoms. The zero-order chi connectivity index (χ0) is 34.1. The van der Waals surface area contributed by atoms with Gasteiger partial charge in [0.15, 0.2) is 0 Å². The first kappa shape index (κ1) is 34.6. The number of ether oxygens (including phenoxy) is 3. The molecule has 12 heteroatoms. The fourth-order valence-corrected chi connectivity index (χ4v) is 7.19. The van der Waals surface area contributed by atoms with Crippen molar-refractivity contribution in [1.82, 2.24) is 29.5 Å². The Kier molecular flexibility index (Phi) is 10.1. The third-order valence-corrected chi connectivity index (χ3v) is 11.3. The van der Waals surface area contributed by atoms with Gasteiger partial charge in [0.25, 0.3) is 0 Å². The van der Waals surface area contributed by atoms with E-state index in [2.05, 4.69) is 48.5 Å². The van der Waals surface area contributed by atoms with Gasteiger partial charge in [0.2, 0.25) is 0 Å². The fraction of sp³-hybridized carbons (Fsp3) is 0.667. The summed E-state index contributed by atoms with van der Waals surface area (Å²) in [4.78, 5) is 28.7. The van der Waals surface area contributed by atoms with Gasteiger partial charge < -0.3 is 24.0 Å². The van der Waals surface area contributed by atoms with Crippen LogP contribution in [0.15, 0.2) is 30.6 Å². The second-order valence-electron chi connectivity index (χ2n) is 16.4. The number of anilines is 1. The fourth-order valence-electron chi connectivity index (χ4n) is 6.43. The highest BCUT2D eigenvalue weighted by molar-refractivity contribution is 6.76. The highest BCUT2D eigenvalue weighted by atomic mass is 28.3. The van der Waals surface area contributed by atoms with E-state index in [4.69, 9.17) is 29.3 Å². The summed E-state index contributed by atoms with van der Waals surface area (Å²) in [5, 5.41) is 5.97. The number of aromatic nitrogens is 4. The average Bonchev–Trinajstić information content (AvgIpc) is 3.64. The highest BCUT2D eigenvalue weighted by Gasteiger charge is 2.40. The molecule has 262 valence electrons. The first-order valence-corrected chi connectivity index (χ1v) is 21.5. The molecule has 2 aromatic heterocycles. The molecule has 1 amide bonds. The number of rotatable bonds is 11. The Balaban J connectivity index is 1.11. The zero-order valence-corrected chi connectivity index (χ0v) is 31.1. The number of nitrogens with zero attached hydrogens (tertiary/aromatic N) is 7. The molecule has 0 atom stereocenters. The van der Waals surface area contributed by atoms with Gasteiger partial charge in [0.1, 0.15) is 35.8 Å². The van der Waals surface area contributed by atoms with E-state index in [-0.39, 0.29) is 11.7 Å². The predicted molar refractivity (Wildman–Crippen MR) is 192 cm³/mol. The third-order valence-electron chi connectivity index (χ3n) is 9.61. The Morgan fingerprint density at radius 2 is 1.73 bits per heavy atom. The molecule has 2 saturated heterocycles. The Hall–Kier alpha value is -3.22. The van der Waals surface area contributed by atoms with Gasteiger partial charge >= 0.3 is 6.09 Å². The normalized spacial score (nSPS) is 19.1. The first-order valence-electron chi connectivity index (χ1n) is 17.8. The number of hydrogen-bond acceptors (Lipinski definition) is 9. The molecule has 3 fully saturated rings. The summed E-state index contributed by atoms with van der Waals surface area (Å²) in [7, 11) is -1.21. The minimum atomic E-state index is -1.21. The smallest absolute Gasteiger partial charge is 0.410 e. The SMILES string of the molecule is CC(C)(C)OC(=O)N1CCN(CC2CCN(c3cc(-c4c5cc(OC6(C)CC6)ccc5nn4COCC[Si](C)(C)C)ncn3)CC2)CC1. The van der Waals surface area contributed by atoms with Crippen LogP contribution in [0.5, 0.6) is 5.75 Å². The van der Waals surface area contributed by atoms with Crippen LogP contribution in [0.2, 0.25) is 25.7 Å². The van der Waals surface area contributed by atoms with E-state index in [0.717, 1.165) is 118 Å². The van der Waals surface area contributed by atoms with Crippen LogP contribution in [-0.2, 0) is 16.2 Å². The molecule has 0 radical (unpaired) electrons. The summed E-state index contributed by atoms with van der Waals surface area (Å²) >= 11 is 0. The highest BCUT2D eigenvalue weighted by Crippen LogP contribution is 2.41. The van der Waals surface area contributed by atoms with Crippen LogP contribution in [0.3, 0.4) is 0 Å². The van der Waals surface area contributed by atoms with Crippen LogP contribution in [-0.4, -0.2) is 107 Å². The molecule has 1 aromatic carbocycles. The van der Waals surface area contributed by atoms with Crippen molar-refractivity contribution in [2.45, 2.75) is 97.0 Å². The predicted octanol–water partition coefficient (Wildman–Crippen LogP) is 6.51. The van der Waals surface area contributed by atoms with E-state index in [1.54, 1.807) is 6.33 Å². The van der Waals surface area contributed by atoms with Crippen molar-refractivity contribution in [3.05, 3.63) is 30.6 Å². The van der Waals surface area contributed by atoms with Crippen LogP contribution < -0.4 is 9.64 Å². The molecule has 3 aliphatic rings. The Bertz CT molecular complexity index is 1560. The lowest BCUT2D eigenvalue weighted by Crippen LogP contribution is -2.51. The Morgan fingerprint density at radius 1 is 1.00 bits per heavy atom. The number of piperidine rings is 1. The van der Waals surface area contributed by atoms with Crippen molar-refractivity contribution in [1.29, 1.82) is 0 Å². The molecule has 4 heterocycles. The molecule has 1 saturated carbocycles. The molecule has 2 aliphatic heterocycles. The van der Waals surface area contributed by atoms with Gasteiger partial charge in [-0.3, -0.25) is 4.90 Å². The van der Waals surface area contributed by atoms with E-state index in [0.29, 0.717) is 12.6 Å². The molecule has 3 aromatic rings. The molecule has 48 heavy (non-hydrogen) atoms. The van der Waals surface area contributed by atoms with E-state index < -0.39 is 13.7 Å². The number of amides is 1. The molecular weight excluding hydrogens is 623 g/mol. The van der Waals surface area contributed by atoms with Crippen molar-refractivity contribution in [2.75, 3.05) is 57.3 Å². The zero-order valence-electron chi connectivity index (χ0n) is 30.1. The van der Waals surface area contributed by atoms with E-state index >= 15 is 0 Å². The van der Waals surface area contributed by atoms with Gasteiger partial charge in [0, 0.05) is 71.9 Å². The number of carbonyl (C=O) groups is 1.